The predicted molar refractivity (Wildman–Crippen MR) is 103 cm³/mol. The zero-order valence-corrected chi connectivity index (χ0v) is 17.8. The van der Waals surface area contributed by atoms with Gasteiger partial charge in [0.25, 0.3) is 0 Å². The van der Waals surface area contributed by atoms with Crippen LogP contribution < -0.4 is 4.74 Å². The summed E-state index contributed by atoms with van der Waals surface area (Å²) in [7, 11) is 2.44. The number of esters is 1. The fourth-order valence-corrected chi connectivity index (χ4v) is 3.29. The minimum Gasteiger partial charge on any atom is -0.496 e. The Bertz CT molecular complexity index is 966. The molecule has 0 aliphatic heterocycles. The fraction of sp³-hybridized carbons (Fsp3) is 0.409. The van der Waals surface area contributed by atoms with Crippen LogP contribution in [0.1, 0.15) is 53.4 Å². The normalized spacial score (nSPS) is 12.6. The number of methoxy groups -OCH3 is 2. The van der Waals surface area contributed by atoms with Gasteiger partial charge in [-0.15, -0.1) is 0 Å². The van der Waals surface area contributed by atoms with E-state index in [9.17, 15) is 31.1 Å². The Morgan fingerprint density at radius 1 is 0.839 bits per heavy atom. The summed E-state index contributed by atoms with van der Waals surface area (Å²) in [4.78, 5) is 12.5. The maximum Gasteiger partial charge on any atom is 0.416 e. The molecule has 0 aliphatic carbocycles. The highest BCUT2D eigenvalue weighted by molar-refractivity contribution is 5.97. The van der Waals surface area contributed by atoms with Gasteiger partial charge in [0, 0.05) is 5.56 Å². The topological polar surface area (TPSA) is 35.5 Å². The first-order valence-corrected chi connectivity index (χ1v) is 9.12. The average molecular weight is 448 g/mol. The van der Waals surface area contributed by atoms with Crippen LogP contribution >= 0.6 is 0 Å². The molecule has 31 heavy (non-hydrogen) atoms. The van der Waals surface area contributed by atoms with Gasteiger partial charge in [0.15, 0.2) is 0 Å². The highest BCUT2D eigenvalue weighted by Crippen LogP contribution is 2.44. The molecule has 0 saturated heterocycles. The third kappa shape index (κ3) is 4.97. The Morgan fingerprint density at radius 3 is 1.68 bits per heavy atom. The van der Waals surface area contributed by atoms with Gasteiger partial charge in [-0.05, 0) is 53.3 Å². The molecule has 2 aromatic carbocycles. The van der Waals surface area contributed by atoms with Crippen LogP contribution in [0.15, 0.2) is 24.3 Å². The number of carbonyl (C=O) groups is 1. The van der Waals surface area contributed by atoms with E-state index in [1.807, 2.05) is 0 Å². The van der Waals surface area contributed by atoms with E-state index in [1.54, 1.807) is 20.8 Å². The molecule has 0 amide bonds. The summed E-state index contributed by atoms with van der Waals surface area (Å²) in [5, 5.41) is 0. The van der Waals surface area contributed by atoms with Crippen LogP contribution in [0.4, 0.5) is 26.3 Å². The summed E-state index contributed by atoms with van der Waals surface area (Å²) in [5.41, 5.74) is -3.29. The SMILES string of the molecule is COC(=O)c1c(C)c(-c2cc(C(F)(F)F)cc(C(F)(F)F)c2)cc(C(C)(C)C)c1OC. The largest absolute Gasteiger partial charge is 0.496 e. The predicted octanol–water partition coefficient (Wildman–Crippen LogP) is 6.79. The van der Waals surface area contributed by atoms with Gasteiger partial charge < -0.3 is 9.47 Å². The lowest BCUT2D eigenvalue weighted by molar-refractivity contribution is -0.143. The van der Waals surface area contributed by atoms with Crippen LogP contribution in [0.5, 0.6) is 5.75 Å². The van der Waals surface area contributed by atoms with Crippen molar-refractivity contribution in [3.63, 3.8) is 0 Å². The molecule has 9 heteroatoms. The molecule has 0 aromatic heterocycles. The molecule has 0 radical (unpaired) electrons. The summed E-state index contributed by atoms with van der Waals surface area (Å²) >= 11 is 0. The minimum atomic E-state index is -4.99. The van der Waals surface area contributed by atoms with Gasteiger partial charge >= 0.3 is 18.3 Å². The summed E-state index contributed by atoms with van der Waals surface area (Å²) < 4.78 is 90.2. The van der Waals surface area contributed by atoms with Gasteiger partial charge in [0.2, 0.25) is 0 Å². The lowest BCUT2D eigenvalue weighted by atomic mass is 9.81. The first-order chi connectivity index (χ1) is 14.0. The molecule has 0 aliphatic rings. The third-order valence-electron chi connectivity index (χ3n) is 4.84. The van der Waals surface area contributed by atoms with Crippen LogP contribution in [0.25, 0.3) is 11.1 Å². The highest BCUT2D eigenvalue weighted by atomic mass is 19.4. The van der Waals surface area contributed by atoms with Gasteiger partial charge in [0.05, 0.1) is 25.3 Å². The van der Waals surface area contributed by atoms with E-state index in [0.717, 1.165) is 7.11 Å². The van der Waals surface area contributed by atoms with Crippen molar-refractivity contribution in [1.82, 2.24) is 0 Å². The van der Waals surface area contributed by atoms with Crippen molar-refractivity contribution in [3.05, 3.63) is 52.1 Å². The van der Waals surface area contributed by atoms with E-state index in [4.69, 9.17) is 9.47 Å². The third-order valence-corrected chi connectivity index (χ3v) is 4.84. The molecular weight excluding hydrogens is 426 g/mol. The van der Waals surface area contributed by atoms with Crippen molar-refractivity contribution in [2.45, 2.75) is 45.5 Å². The van der Waals surface area contributed by atoms with E-state index < -0.39 is 34.9 Å². The number of alkyl halides is 6. The number of hydrogen-bond acceptors (Lipinski definition) is 3. The summed E-state index contributed by atoms with van der Waals surface area (Å²) in [5.74, 6) is -0.659. The first kappa shape index (κ1) is 24.6. The number of carbonyl (C=O) groups excluding carboxylic acids is 1. The Balaban J connectivity index is 3.01. The van der Waals surface area contributed by atoms with Crippen molar-refractivity contribution in [1.29, 1.82) is 0 Å². The maximum absolute atomic E-state index is 13.3. The van der Waals surface area contributed by atoms with Crippen LogP contribution in [-0.2, 0) is 22.5 Å². The number of halogens is 6. The molecular formula is C22H22F6O3. The smallest absolute Gasteiger partial charge is 0.416 e. The number of hydrogen-bond donors (Lipinski definition) is 0. The second-order valence-corrected chi connectivity index (χ2v) is 8.04. The molecule has 3 nitrogen and oxygen atoms in total. The van der Waals surface area contributed by atoms with Gasteiger partial charge in [-0.1, -0.05) is 20.8 Å². The van der Waals surface area contributed by atoms with E-state index in [2.05, 4.69) is 0 Å². The van der Waals surface area contributed by atoms with Crippen molar-refractivity contribution in [2.24, 2.45) is 0 Å². The summed E-state index contributed by atoms with van der Waals surface area (Å²) in [6.45, 7) is 6.75. The van der Waals surface area contributed by atoms with Crippen molar-refractivity contribution < 1.29 is 40.6 Å². The van der Waals surface area contributed by atoms with Crippen LogP contribution in [-0.4, -0.2) is 20.2 Å². The molecule has 0 unspecified atom stereocenters. The molecule has 0 N–H and O–H groups in total. The zero-order valence-electron chi connectivity index (χ0n) is 17.8. The quantitative estimate of drug-likeness (QED) is 0.383. The van der Waals surface area contributed by atoms with Gasteiger partial charge in [0.1, 0.15) is 11.3 Å². The van der Waals surface area contributed by atoms with Crippen LogP contribution in [0, 0.1) is 6.92 Å². The van der Waals surface area contributed by atoms with E-state index in [-0.39, 0.29) is 34.1 Å². The Morgan fingerprint density at radius 2 is 1.32 bits per heavy atom. The fourth-order valence-electron chi connectivity index (χ4n) is 3.29. The summed E-state index contributed by atoms with van der Waals surface area (Å²) in [6, 6.07) is 2.79. The molecule has 0 spiro atoms. The zero-order chi connectivity index (χ0) is 23.9. The van der Waals surface area contributed by atoms with Crippen molar-refractivity contribution in [3.8, 4) is 16.9 Å². The van der Waals surface area contributed by atoms with Crippen LogP contribution in [0.3, 0.4) is 0 Å². The number of rotatable bonds is 3. The van der Waals surface area contributed by atoms with Crippen LogP contribution in [0.2, 0.25) is 0 Å². The lowest BCUT2D eigenvalue weighted by Gasteiger charge is -2.26. The van der Waals surface area contributed by atoms with E-state index in [0.29, 0.717) is 17.7 Å². The van der Waals surface area contributed by atoms with Gasteiger partial charge in [-0.2, -0.15) is 26.3 Å². The number of benzene rings is 2. The average Bonchev–Trinajstić information content (AvgIpc) is 2.64. The lowest BCUT2D eigenvalue weighted by Crippen LogP contribution is -2.18. The Kier molecular flexibility index (Phi) is 6.41. The monoisotopic (exact) mass is 448 g/mol. The molecule has 2 rings (SSSR count). The van der Waals surface area contributed by atoms with E-state index in [1.165, 1.54) is 20.1 Å². The Labute approximate surface area is 176 Å². The molecule has 0 bridgehead atoms. The van der Waals surface area contributed by atoms with Gasteiger partial charge in [-0.3, -0.25) is 0 Å². The highest BCUT2D eigenvalue weighted by Gasteiger charge is 2.37. The van der Waals surface area contributed by atoms with Crippen molar-refractivity contribution >= 4 is 5.97 Å². The molecule has 2 aromatic rings. The van der Waals surface area contributed by atoms with Gasteiger partial charge in [-0.25, -0.2) is 4.79 Å². The molecule has 0 atom stereocenters. The molecule has 0 heterocycles. The number of ether oxygens (including phenoxy) is 2. The standard InChI is InChI=1S/C22H22F6O3/c1-11-15(10-16(20(2,3)4)18(30-5)17(11)19(29)31-6)12-7-13(21(23,24)25)9-14(8-12)22(26,27)28/h7-10H,1-6H3. The maximum atomic E-state index is 13.3. The molecule has 170 valence electrons. The minimum absolute atomic E-state index is 0.0442. The second kappa shape index (κ2) is 8.09. The molecule has 0 saturated carbocycles. The Hall–Kier alpha value is -2.71. The second-order valence-electron chi connectivity index (χ2n) is 8.04. The summed E-state index contributed by atoms with van der Waals surface area (Å²) in [6.07, 6.45) is -9.98. The first-order valence-electron chi connectivity index (χ1n) is 9.12. The van der Waals surface area contributed by atoms with Crippen molar-refractivity contribution in [2.75, 3.05) is 14.2 Å². The van der Waals surface area contributed by atoms with E-state index >= 15 is 0 Å². The molecule has 0 fully saturated rings.